The average molecular weight is 418 g/mol. The molecule has 8 heteroatoms. The van der Waals surface area contributed by atoms with Gasteiger partial charge in [0.15, 0.2) is 5.82 Å². The number of hydrogen-bond acceptors (Lipinski definition) is 5. The van der Waals surface area contributed by atoms with E-state index in [0.29, 0.717) is 42.7 Å². The van der Waals surface area contributed by atoms with Crippen LogP contribution in [0.2, 0.25) is 5.02 Å². The van der Waals surface area contributed by atoms with Gasteiger partial charge >= 0.3 is 0 Å². The lowest BCUT2D eigenvalue weighted by molar-refractivity contribution is 0.307. The van der Waals surface area contributed by atoms with Crippen LogP contribution >= 0.6 is 11.6 Å². The van der Waals surface area contributed by atoms with Gasteiger partial charge in [-0.05, 0) is 56.2 Å². The topological polar surface area (TPSA) is 76.3 Å². The van der Waals surface area contributed by atoms with E-state index in [1.807, 2.05) is 31.2 Å². The van der Waals surface area contributed by atoms with Crippen molar-refractivity contribution in [3.05, 3.63) is 64.9 Å². The van der Waals surface area contributed by atoms with Crippen LogP contribution in [-0.4, -0.2) is 36.0 Å². The van der Waals surface area contributed by atoms with Gasteiger partial charge in [-0.25, -0.2) is 8.42 Å². The van der Waals surface area contributed by atoms with E-state index < -0.39 is 10.0 Å². The largest absolute Gasteiger partial charge is 0.334 e. The van der Waals surface area contributed by atoms with E-state index in [2.05, 4.69) is 10.1 Å². The Kier molecular flexibility index (Phi) is 5.23. The maximum Gasteiger partial charge on any atom is 0.257 e. The number of sulfonamides is 1. The Bertz CT molecular complexity index is 1050. The van der Waals surface area contributed by atoms with Crippen LogP contribution in [0.1, 0.15) is 30.1 Å². The Morgan fingerprint density at radius 1 is 1.04 bits per heavy atom. The molecule has 6 nitrogen and oxygen atoms in total. The number of piperidine rings is 1. The first-order chi connectivity index (χ1) is 13.4. The first kappa shape index (κ1) is 19.1. The minimum atomic E-state index is -3.52. The fraction of sp³-hybridized carbons (Fsp3) is 0.300. The van der Waals surface area contributed by atoms with E-state index in [4.69, 9.17) is 16.1 Å². The third-order valence-electron chi connectivity index (χ3n) is 5.01. The molecule has 0 unspecified atom stereocenters. The van der Waals surface area contributed by atoms with E-state index in [9.17, 15) is 8.42 Å². The Morgan fingerprint density at radius 3 is 2.32 bits per heavy atom. The van der Waals surface area contributed by atoms with Gasteiger partial charge in [-0.1, -0.05) is 34.5 Å². The summed E-state index contributed by atoms with van der Waals surface area (Å²) >= 11 is 5.86. The Hall–Kier alpha value is -2.22. The van der Waals surface area contributed by atoms with Crippen LogP contribution in [0.3, 0.4) is 0 Å². The summed E-state index contributed by atoms with van der Waals surface area (Å²) in [6, 6.07) is 14.2. The van der Waals surface area contributed by atoms with Crippen molar-refractivity contribution in [2.75, 3.05) is 13.1 Å². The van der Waals surface area contributed by atoms with Crippen LogP contribution in [0.15, 0.2) is 57.9 Å². The van der Waals surface area contributed by atoms with Crippen molar-refractivity contribution in [3.8, 4) is 11.5 Å². The zero-order valence-corrected chi connectivity index (χ0v) is 16.9. The Labute approximate surface area is 169 Å². The molecule has 1 aliphatic heterocycles. The molecule has 28 heavy (non-hydrogen) atoms. The lowest BCUT2D eigenvalue weighted by Gasteiger charge is -2.29. The van der Waals surface area contributed by atoms with Crippen molar-refractivity contribution in [1.82, 2.24) is 14.4 Å². The van der Waals surface area contributed by atoms with Gasteiger partial charge in [0.05, 0.1) is 4.90 Å². The maximum absolute atomic E-state index is 12.8. The highest BCUT2D eigenvalue weighted by Gasteiger charge is 2.31. The first-order valence-corrected chi connectivity index (χ1v) is 10.9. The lowest BCUT2D eigenvalue weighted by atomic mass is 9.97. The number of benzene rings is 2. The predicted octanol–water partition coefficient (Wildman–Crippen LogP) is 4.27. The van der Waals surface area contributed by atoms with Crippen LogP contribution in [-0.2, 0) is 10.0 Å². The monoisotopic (exact) mass is 417 g/mol. The quantitative estimate of drug-likeness (QED) is 0.633. The predicted molar refractivity (Wildman–Crippen MR) is 107 cm³/mol. The molecule has 0 spiro atoms. The normalized spacial score (nSPS) is 16.4. The molecular formula is C20H20ClN3O3S. The van der Waals surface area contributed by atoms with Crippen molar-refractivity contribution >= 4 is 21.6 Å². The molecule has 0 bridgehead atoms. The summed E-state index contributed by atoms with van der Waals surface area (Å²) in [6.07, 6.45) is 1.30. The average Bonchev–Trinajstić information content (AvgIpc) is 3.19. The molecule has 0 atom stereocenters. The Balaban J connectivity index is 1.44. The van der Waals surface area contributed by atoms with E-state index in [1.165, 1.54) is 16.4 Å². The maximum atomic E-state index is 12.8. The highest BCUT2D eigenvalue weighted by molar-refractivity contribution is 7.89. The minimum Gasteiger partial charge on any atom is -0.334 e. The molecule has 1 aliphatic rings. The van der Waals surface area contributed by atoms with E-state index in [-0.39, 0.29) is 10.8 Å². The van der Waals surface area contributed by atoms with Gasteiger partial charge in [0.2, 0.25) is 10.0 Å². The summed E-state index contributed by atoms with van der Waals surface area (Å²) in [7, 11) is -3.52. The number of aromatic nitrogens is 2. The second-order valence-corrected chi connectivity index (χ2v) is 9.33. The SMILES string of the molecule is Cc1ccc(-c2nc(C3CCN(S(=O)(=O)c4ccc(Cl)cc4)CC3)no2)cc1. The van der Waals surface area contributed by atoms with Crippen LogP contribution < -0.4 is 0 Å². The van der Waals surface area contributed by atoms with E-state index >= 15 is 0 Å². The summed E-state index contributed by atoms with van der Waals surface area (Å²) < 4.78 is 32.5. The molecule has 0 aliphatic carbocycles. The second-order valence-electron chi connectivity index (χ2n) is 6.96. The highest BCUT2D eigenvalue weighted by atomic mass is 35.5. The standard InChI is InChI=1S/C20H20ClN3O3S/c1-14-2-4-16(5-3-14)20-22-19(23-27-20)15-10-12-24(13-11-15)28(25,26)18-8-6-17(21)7-9-18/h2-9,15H,10-13H2,1H3. The van der Waals surface area contributed by atoms with Gasteiger partial charge in [0.1, 0.15) is 0 Å². The van der Waals surface area contributed by atoms with Crippen LogP contribution in [0.25, 0.3) is 11.5 Å². The molecule has 2 aromatic carbocycles. The molecule has 3 aromatic rings. The molecule has 1 fully saturated rings. The van der Waals surface area contributed by atoms with Gasteiger partial charge in [0, 0.05) is 29.6 Å². The molecule has 0 saturated carbocycles. The van der Waals surface area contributed by atoms with Crippen molar-refractivity contribution < 1.29 is 12.9 Å². The summed E-state index contributed by atoms with van der Waals surface area (Å²) in [5, 5.41) is 4.64. The van der Waals surface area contributed by atoms with Crippen molar-refractivity contribution in [3.63, 3.8) is 0 Å². The van der Waals surface area contributed by atoms with Crippen molar-refractivity contribution in [1.29, 1.82) is 0 Å². The molecule has 146 valence electrons. The molecule has 0 radical (unpaired) electrons. The van der Waals surface area contributed by atoms with Crippen molar-refractivity contribution in [2.45, 2.75) is 30.6 Å². The number of hydrogen-bond donors (Lipinski definition) is 0. The number of nitrogens with zero attached hydrogens (tertiary/aromatic N) is 3. The summed E-state index contributed by atoms with van der Waals surface area (Å²) in [5.41, 5.74) is 2.05. The Morgan fingerprint density at radius 2 is 1.68 bits per heavy atom. The third kappa shape index (κ3) is 3.83. The van der Waals surface area contributed by atoms with Gasteiger partial charge in [-0.2, -0.15) is 9.29 Å². The van der Waals surface area contributed by atoms with E-state index in [1.54, 1.807) is 12.1 Å². The second kappa shape index (κ2) is 7.66. The zero-order valence-electron chi connectivity index (χ0n) is 15.4. The minimum absolute atomic E-state index is 0.0830. The molecule has 0 N–H and O–H groups in total. The van der Waals surface area contributed by atoms with Gasteiger partial charge in [-0.15, -0.1) is 0 Å². The number of aryl methyl sites for hydroxylation is 1. The fourth-order valence-electron chi connectivity index (χ4n) is 3.32. The molecular weight excluding hydrogens is 398 g/mol. The molecule has 0 amide bonds. The lowest BCUT2D eigenvalue weighted by Crippen LogP contribution is -2.38. The summed E-state index contributed by atoms with van der Waals surface area (Å²) in [4.78, 5) is 4.79. The molecule has 1 saturated heterocycles. The number of rotatable bonds is 4. The zero-order chi connectivity index (χ0) is 19.7. The molecule has 2 heterocycles. The van der Waals surface area contributed by atoms with Gasteiger partial charge in [-0.3, -0.25) is 0 Å². The van der Waals surface area contributed by atoms with Crippen LogP contribution in [0.4, 0.5) is 0 Å². The third-order valence-corrected chi connectivity index (χ3v) is 7.18. The molecule has 4 rings (SSSR count). The smallest absolute Gasteiger partial charge is 0.257 e. The van der Waals surface area contributed by atoms with Crippen LogP contribution in [0, 0.1) is 6.92 Å². The number of halogens is 1. The van der Waals surface area contributed by atoms with Crippen LogP contribution in [0.5, 0.6) is 0 Å². The summed E-state index contributed by atoms with van der Waals surface area (Å²) in [6.45, 7) is 2.86. The molecule has 1 aromatic heterocycles. The first-order valence-electron chi connectivity index (χ1n) is 9.10. The highest BCUT2D eigenvalue weighted by Crippen LogP contribution is 2.31. The van der Waals surface area contributed by atoms with Gasteiger partial charge < -0.3 is 4.52 Å². The van der Waals surface area contributed by atoms with E-state index in [0.717, 1.165) is 11.1 Å². The van der Waals surface area contributed by atoms with Gasteiger partial charge in [0.25, 0.3) is 5.89 Å². The summed E-state index contributed by atoms with van der Waals surface area (Å²) in [5.74, 6) is 1.21. The fourth-order valence-corrected chi connectivity index (χ4v) is 4.92. The van der Waals surface area contributed by atoms with Crippen molar-refractivity contribution in [2.24, 2.45) is 0 Å².